The van der Waals surface area contributed by atoms with Crippen LogP contribution in [0.1, 0.15) is 38.5 Å². The molecule has 1 aliphatic carbocycles. The predicted octanol–water partition coefficient (Wildman–Crippen LogP) is 3.84. The Morgan fingerprint density at radius 3 is 3.04 bits per heavy atom. The van der Waals surface area contributed by atoms with Gasteiger partial charge < -0.3 is 14.6 Å². The molecule has 0 unspecified atom stereocenters. The van der Waals surface area contributed by atoms with Gasteiger partial charge in [0.25, 0.3) is 0 Å². The highest BCUT2D eigenvalue weighted by Crippen LogP contribution is 2.39. The molecule has 2 atom stereocenters. The molecule has 4 nitrogen and oxygen atoms in total. The number of likely N-dealkylation sites (tertiary alicyclic amines) is 1. The molecule has 0 spiro atoms. The van der Waals surface area contributed by atoms with E-state index < -0.39 is 5.60 Å². The Morgan fingerprint density at radius 1 is 1.28 bits per heavy atom. The second kappa shape index (κ2) is 6.65. The summed E-state index contributed by atoms with van der Waals surface area (Å²) in [4.78, 5) is 14.6. The zero-order valence-corrected chi connectivity index (χ0v) is 15.2. The van der Waals surface area contributed by atoms with E-state index in [1.54, 1.807) is 0 Å². The summed E-state index contributed by atoms with van der Waals surface area (Å²) in [5.74, 6) is 0.446. The Labute approximate surface area is 153 Å². The molecule has 1 saturated carbocycles. The minimum absolute atomic E-state index is 0.191. The lowest BCUT2D eigenvalue weighted by molar-refractivity contribution is -0.143. The van der Waals surface area contributed by atoms with Gasteiger partial charge in [0, 0.05) is 54.1 Å². The summed E-state index contributed by atoms with van der Waals surface area (Å²) in [5, 5.41) is 12.5. The molecule has 25 heavy (non-hydrogen) atoms. The molecular weight excluding hydrogens is 336 g/mol. The van der Waals surface area contributed by atoms with Crippen molar-refractivity contribution in [1.29, 1.82) is 0 Å². The van der Waals surface area contributed by atoms with Crippen molar-refractivity contribution in [2.75, 3.05) is 13.1 Å². The number of piperidine rings is 1. The average molecular weight is 361 g/mol. The number of nitrogens with zero attached hydrogens (tertiary/aromatic N) is 2. The summed E-state index contributed by atoms with van der Waals surface area (Å²) < 4.78 is 2.10. The molecule has 2 aliphatic rings. The molecule has 1 amide bonds. The van der Waals surface area contributed by atoms with Crippen LogP contribution in [0.2, 0.25) is 5.02 Å². The molecule has 1 N–H and O–H groups in total. The van der Waals surface area contributed by atoms with Gasteiger partial charge in [0.15, 0.2) is 0 Å². The van der Waals surface area contributed by atoms with Gasteiger partial charge in [-0.1, -0.05) is 30.5 Å². The zero-order valence-electron chi connectivity index (χ0n) is 14.5. The number of amides is 1. The van der Waals surface area contributed by atoms with Crippen molar-refractivity contribution in [2.24, 2.45) is 5.92 Å². The molecule has 1 saturated heterocycles. The van der Waals surface area contributed by atoms with E-state index in [-0.39, 0.29) is 11.8 Å². The van der Waals surface area contributed by atoms with E-state index in [2.05, 4.69) is 4.57 Å². The maximum atomic E-state index is 12.7. The zero-order chi connectivity index (χ0) is 17.4. The van der Waals surface area contributed by atoms with E-state index in [4.69, 9.17) is 11.6 Å². The molecule has 4 rings (SSSR count). The second-order valence-corrected chi connectivity index (χ2v) is 7.98. The van der Waals surface area contributed by atoms with Crippen molar-refractivity contribution in [1.82, 2.24) is 9.47 Å². The highest BCUT2D eigenvalue weighted by molar-refractivity contribution is 6.35. The quantitative estimate of drug-likeness (QED) is 0.903. The van der Waals surface area contributed by atoms with Crippen LogP contribution >= 0.6 is 11.6 Å². The smallest absolute Gasteiger partial charge is 0.224 e. The number of halogens is 1. The first-order valence-corrected chi connectivity index (χ1v) is 9.68. The topological polar surface area (TPSA) is 45.5 Å². The van der Waals surface area contributed by atoms with Gasteiger partial charge in [0.1, 0.15) is 0 Å². The van der Waals surface area contributed by atoms with E-state index in [0.29, 0.717) is 26.1 Å². The number of aryl methyl sites for hydroxylation is 1. The van der Waals surface area contributed by atoms with Gasteiger partial charge in [-0.05, 0) is 37.5 Å². The lowest BCUT2D eigenvalue weighted by atomic mass is 9.71. The van der Waals surface area contributed by atoms with Crippen molar-refractivity contribution in [3.8, 4) is 0 Å². The van der Waals surface area contributed by atoms with Gasteiger partial charge in [-0.2, -0.15) is 0 Å². The van der Waals surface area contributed by atoms with E-state index in [1.807, 2.05) is 35.4 Å². The highest BCUT2D eigenvalue weighted by atomic mass is 35.5. The third-order valence-electron chi connectivity index (χ3n) is 6.11. The molecular formula is C20H25ClN2O2. The lowest BCUT2D eigenvalue weighted by Crippen LogP contribution is -2.54. The van der Waals surface area contributed by atoms with Crippen molar-refractivity contribution < 1.29 is 9.90 Å². The average Bonchev–Trinajstić information content (AvgIpc) is 3.03. The first-order valence-electron chi connectivity index (χ1n) is 9.30. The largest absolute Gasteiger partial charge is 0.389 e. The van der Waals surface area contributed by atoms with Crippen LogP contribution in [0.15, 0.2) is 30.5 Å². The van der Waals surface area contributed by atoms with E-state index in [9.17, 15) is 9.90 Å². The SMILES string of the molecule is O=C(CCn1ccc2c(Cl)cccc21)N1CC[C@@]2(O)CCCC[C@H]2C1. The standard InChI is InChI=1S/C20H25ClN2O2/c21-17-5-3-6-18-16(17)7-11-22(18)12-8-19(24)23-13-10-20(25)9-2-1-4-15(20)14-23/h3,5-7,11,15,25H,1-2,4,8-10,12-14H2/t15-,20-/m0/s1. The predicted molar refractivity (Wildman–Crippen MR) is 99.7 cm³/mol. The Morgan fingerprint density at radius 2 is 2.16 bits per heavy atom. The van der Waals surface area contributed by atoms with Crippen molar-refractivity contribution in [2.45, 2.75) is 50.7 Å². The first-order chi connectivity index (χ1) is 12.1. The molecule has 0 bridgehead atoms. The van der Waals surface area contributed by atoms with Crippen LogP contribution in [-0.2, 0) is 11.3 Å². The van der Waals surface area contributed by atoms with Gasteiger partial charge in [-0.25, -0.2) is 0 Å². The summed E-state index contributed by atoms with van der Waals surface area (Å²) in [6.07, 6.45) is 7.44. The number of aliphatic hydroxyl groups is 1. The van der Waals surface area contributed by atoms with Crippen LogP contribution in [0.4, 0.5) is 0 Å². The second-order valence-electron chi connectivity index (χ2n) is 7.57. The molecule has 2 heterocycles. The number of carbonyl (C=O) groups is 1. The van der Waals surface area contributed by atoms with Gasteiger partial charge in [0.05, 0.1) is 5.60 Å². The number of aromatic nitrogens is 1. The van der Waals surface area contributed by atoms with Crippen molar-refractivity contribution in [3.63, 3.8) is 0 Å². The van der Waals surface area contributed by atoms with Gasteiger partial charge in [0.2, 0.25) is 5.91 Å². The fourth-order valence-electron chi connectivity index (χ4n) is 4.55. The number of benzene rings is 1. The Hall–Kier alpha value is -1.52. The minimum Gasteiger partial charge on any atom is -0.389 e. The molecule has 2 fully saturated rings. The number of fused-ring (bicyclic) bond motifs is 2. The Bertz CT molecular complexity index is 787. The molecule has 1 aliphatic heterocycles. The molecule has 1 aromatic heterocycles. The van der Waals surface area contributed by atoms with Gasteiger partial charge in [-0.3, -0.25) is 4.79 Å². The van der Waals surface area contributed by atoms with Crippen LogP contribution < -0.4 is 0 Å². The number of carbonyl (C=O) groups excluding carboxylic acids is 1. The van der Waals surface area contributed by atoms with Crippen LogP contribution in [0, 0.1) is 5.92 Å². The van der Waals surface area contributed by atoms with Crippen LogP contribution in [0.25, 0.3) is 10.9 Å². The monoisotopic (exact) mass is 360 g/mol. The normalized spacial score (nSPS) is 26.6. The molecule has 134 valence electrons. The summed E-state index contributed by atoms with van der Waals surface area (Å²) in [5.41, 5.74) is 0.545. The van der Waals surface area contributed by atoms with E-state index in [0.717, 1.165) is 41.6 Å². The van der Waals surface area contributed by atoms with Crippen LogP contribution in [-0.4, -0.2) is 39.2 Å². The van der Waals surface area contributed by atoms with E-state index >= 15 is 0 Å². The third-order valence-corrected chi connectivity index (χ3v) is 6.44. The summed E-state index contributed by atoms with van der Waals surface area (Å²) >= 11 is 6.22. The maximum Gasteiger partial charge on any atom is 0.224 e. The fraction of sp³-hybridized carbons (Fsp3) is 0.550. The van der Waals surface area contributed by atoms with Gasteiger partial charge >= 0.3 is 0 Å². The lowest BCUT2D eigenvalue weighted by Gasteiger charge is -2.47. The van der Waals surface area contributed by atoms with Crippen LogP contribution in [0.3, 0.4) is 0 Å². The van der Waals surface area contributed by atoms with E-state index in [1.165, 1.54) is 6.42 Å². The van der Waals surface area contributed by atoms with Crippen molar-refractivity contribution in [3.05, 3.63) is 35.5 Å². The van der Waals surface area contributed by atoms with Crippen molar-refractivity contribution >= 4 is 28.4 Å². The Kier molecular flexibility index (Phi) is 4.50. The number of hydrogen-bond acceptors (Lipinski definition) is 2. The molecule has 0 radical (unpaired) electrons. The summed E-state index contributed by atoms with van der Waals surface area (Å²) in [6, 6.07) is 7.87. The fourth-order valence-corrected chi connectivity index (χ4v) is 4.79. The Balaban J connectivity index is 1.40. The number of rotatable bonds is 3. The molecule has 5 heteroatoms. The van der Waals surface area contributed by atoms with Gasteiger partial charge in [-0.15, -0.1) is 0 Å². The molecule has 1 aromatic carbocycles. The first kappa shape index (κ1) is 16.9. The van der Waals surface area contributed by atoms with Crippen LogP contribution in [0.5, 0.6) is 0 Å². The number of hydrogen-bond donors (Lipinski definition) is 1. The third kappa shape index (κ3) is 3.18. The summed E-state index contributed by atoms with van der Waals surface area (Å²) in [7, 11) is 0. The minimum atomic E-state index is -0.525. The highest BCUT2D eigenvalue weighted by Gasteiger charge is 2.43. The summed E-state index contributed by atoms with van der Waals surface area (Å²) in [6.45, 7) is 2.06. The maximum absolute atomic E-state index is 12.7. The molecule has 2 aromatic rings.